The standard InChI is InChI=1S/C10H14Se/c1-9(2)8-11-10-6-4-3-5-7-10/h3-7,9H,8H2,1-2H3. The molecule has 0 fully saturated rings. The van der Waals surface area contributed by atoms with Crippen molar-refractivity contribution in [1.29, 1.82) is 0 Å². The Labute approximate surface area is 75.2 Å². The molecule has 0 N–H and O–H groups in total. The van der Waals surface area contributed by atoms with E-state index in [-0.39, 0.29) is 0 Å². The molecule has 1 aromatic rings. The zero-order chi connectivity index (χ0) is 8.10. The Hall–Kier alpha value is -0.261. The fourth-order valence-corrected chi connectivity index (χ4v) is 2.62. The van der Waals surface area contributed by atoms with E-state index in [2.05, 4.69) is 44.2 Å². The quantitative estimate of drug-likeness (QED) is 0.674. The predicted octanol–water partition coefficient (Wildman–Crippen LogP) is 2.09. The summed E-state index contributed by atoms with van der Waals surface area (Å²) in [5.41, 5.74) is 0. The van der Waals surface area contributed by atoms with Crippen LogP contribution in [0.25, 0.3) is 0 Å². The molecular formula is C10H14Se. The molecule has 0 spiro atoms. The van der Waals surface area contributed by atoms with Crippen molar-refractivity contribution in [2.45, 2.75) is 19.2 Å². The second-order valence-corrected chi connectivity index (χ2v) is 5.31. The van der Waals surface area contributed by atoms with E-state index in [9.17, 15) is 0 Å². The summed E-state index contributed by atoms with van der Waals surface area (Å²) in [6.07, 6.45) is 0. The Bertz CT molecular complexity index is 191. The van der Waals surface area contributed by atoms with Gasteiger partial charge >= 0.3 is 74.8 Å². The SMILES string of the molecule is CC(C)C[Se]c1ccccc1. The minimum absolute atomic E-state index is 0.690. The minimum atomic E-state index is 0.690. The van der Waals surface area contributed by atoms with E-state index in [4.69, 9.17) is 0 Å². The fraction of sp³-hybridized carbons (Fsp3) is 0.400. The zero-order valence-electron chi connectivity index (χ0n) is 7.08. The van der Waals surface area contributed by atoms with E-state index >= 15 is 0 Å². The van der Waals surface area contributed by atoms with E-state index in [1.165, 1.54) is 9.78 Å². The van der Waals surface area contributed by atoms with Crippen molar-refractivity contribution in [3.05, 3.63) is 30.3 Å². The van der Waals surface area contributed by atoms with Crippen molar-refractivity contribution in [3.8, 4) is 0 Å². The first-order chi connectivity index (χ1) is 5.29. The first-order valence-electron chi connectivity index (χ1n) is 3.97. The summed E-state index contributed by atoms with van der Waals surface area (Å²) in [5.74, 6) is 0.843. The van der Waals surface area contributed by atoms with Crippen molar-refractivity contribution >= 4 is 19.4 Å². The maximum atomic E-state index is 2.28. The van der Waals surface area contributed by atoms with Gasteiger partial charge in [0, 0.05) is 0 Å². The van der Waals surface area contributed by atoms with Crippen LogP contribution in [0, 0.1) is 5.92 Å². The number of hydrogen-bond donors (Lipinski definition) is 0. The third-order valence-corrected chi connectivity index (χ3v) is 4.35. The Morgan fingerprint density at radius 2 is 1.82 bits per heavy atom. The Kier molecular flexibility index (Phi) is 3.68. The van der Waals surface area contributed by atoms with Gasteiger partial charge in [0.05, 0.1) is 0 Å². The molecule has 0 saturated carbocycles. The van der Waals surface area contributed by atoms with Crippen LogP contribution in [0.15, 0.2) is 30.3 Å². The summed E-state index contributed by atoms with van der Waals surface area (Å²) in [7, 11) is 0. The number of benzene rings is 1. The van der Waals surface area contributed by atoms with Crippen LogP contribution in [-0.4, -0.2) is 15.0 Å². The van der Waals surface area contributed by atoms with E-state index in [1.807, 2.05) is 0 Å². The maximum absolute atomic E-state index is 2.28. The second-order valence-electron chi connectivity index (χ2n) is 3.02. The molecule has 60 valence electrons. The summed E-state index contributed by atoms with van der Waals surface area (Å²) in [6, 6.07) is 10.8. The molecule has 0 aliphatic heterocycles. The van der Waals surface area contributed by atoms with Crippen molar-refractivity contribution in [1.82, 2.24) is 0 Å². The molecule has 0 nitrogen and oxygen atoms in total. The predicted molar refractivity (Wildman–Crippen MR) is 51.5 cm³/mol. The van der Waals surface area contributed by atoms with Gasteiger partial charge in [0.15, 0.2) is 0 Å². The van der Waals surface area contributed by atoms with E-state index in [0.717, 1.165) is 5.92 Å². The average molecular weight is 213 g/mol. The van der Waals surface area contributed by atoms with Gasteiger partial charge < -0.3 is 0 Å². The molecule has 1 aromatic carbocycles. The van der Waals surface area contributed by atoms with E-state index in [0.29, 0.717) is 15.0 Å². The van der Waals surface area contributed by atoms with Crippen molar-refractivity contribution in [2.24, 2.45) is 5.92 Å². The third-order valence-electron chi connectivity index (χ3n) is 1.33. The summed E-state index contributed by atoms with van der Waals surface area (Å²) in [5, 5.41) is 1.36. The molecule has 0 amide bonds. The molecule has 0 aromatic heterocycles. The molecule has 0 bridgehead atoms. The molecule has 0 saturated heterocycles. The third kappa shape index (κ3) is 3.59. The zero-order valence-corrected chi connectivity index (χ0v) is 8.79. The van der Waals surface area contributed by atoms with Crippen LogP contribution in [0.5, 0.6) is 0 Å². The molecule has 1 heteroatoms. The molecule has 11 heavy (non-hydrogen) atoms. The van der Waals surface area contributed by atoms with Gasteiger partial charge in [-0.15, -0.1) is 0 Å². The normalized spacial score (nSPS) is 10.5. The van der Waals surface area contributed by atoms with Crippen LogP contribution in [0.1, 0.15) is 13.8 Å². The molecule has 0 heterocycles. The first-order valence-corrected chi connectivity index (χ1v) is 6.03. The summed E-state index contributed by atoms with van der Waals surface area (Å²) < 4.78 is 1.52. The van der Waals surface area contributed by atoms with E-state index < -0.39 is 0 Å². The monoisotopic (exact) mass is 214 g/mol. The van der Waals surface area contributed by atoms with Crippen LogP contribution in [0.2, 0.25) is 5.32 Å². The number of hydrogen-bond acceptors (Lipinski definition) is 0. The van der Waals surface area contributed by atoms with Crippen LogP contribution in [0.4, 0.5) is 0 Å². The Morgan fingerprint density at radius 1 is 1.18 bits per heavy atom. The molecule has 0 aliphatic carbocycles. The van der Waals surface area contributed by atoms with Gasteiger partial charge in [-0.05, 0) is 0 Å². The molecular weight excluding hydrogens is 199 g/mol. The second kappa shape index (κ2) is 4.58. The summed E-state index contributed by atoms with van der Waals surface area (Å²) in [4.78, 5) is 0. The van der Waals surface area contributed by atoms with Gasteiger partial charge in [-0.2, -0.15) is 0 Å². The fourth-order valence-electron chi connectivity index (χ4n) is 0.780. The van der Waals surface area contributed by atoms with Gasteiger partial charge in [-0.3, -0.25) is 0 Å². The van der Waals surface area contributed by atoms with Crippen LogP contribution < -0.4 is 4.46 Å². The molecule has 0 unspecified atom stereocenters. The average Bonchev–Trinajstić information content (AvgIpc) is 2.03. The van der Waals surface area contributed by atoms with Gasteiger partial charge in [0.2, 0.25) is 0 Å². The Balaban J connectivity index is 2.39. The van der Waals surface area contributed by atoms with Gasteiger partial charge in [-0.25, -0.2) is 0 Å². The molecule has 0 aliphatic rings. The summed E-state index contributed by atoms with van der Waals surface area (Å²) >= 11 is 0.690. The molecule has 0 atom stereocenters. The van der Waals surface area contributed by atoms with Crippen LogP contribution in [-0.2, 0) is 0 Å². The van der Waals surface area contributed by atoms with Crippen LogP contribution >= 0.6 is 0 Å². The number of rotatable bonds is 3. The van der Waals surface area contributed by atoms with Crippen LogP contribution in [0.3, 0.4) is 0 Å². The van der Waals surface area contributed by atoms with Crippen molar-refractivity contribution in [3.63, 3.8) is 0 Å². The summed E-state index contributed by atoms with van der Waals surface area (Å²) in [6.45, 7) is 4.56. The van der Waals surface area contributed by atoms with Gasteiger partial charge in [0.25, 0.3) is 0 Å². The van der Waals surface area contributed by atoms with Gasteiger partial charge in [0.1, 0.15) is 0 Å². The molecule has 0 radical (unpaired) electrons. The van der Waals surface area contributed by atoms with Gasteiger partial charge in [-0.1, -0.05) is 0 Å². The van der Waals surface area contributed by atoms with Crippen molar-refractivity contribution < 1.29 is 0 Å². The topological polar surface area (TPSA) is 0 Å². The van der Waals surface area contributed by atoms with Crippen molar-refractivity contribution in [2.75, 3.05) is 0 Å². The van der Waals surface area contributed by atoms with E-state index in [1.54, 1.807) is 0 Å². The molecule has 1 rings (SSSR count). The Morgan fingerprint density at radius 3 is 2.36 bits per heavy atom. The first kappa shape index (κ1) is 8.83.